The molecule has 4 nitrogen and oxygen atoms in total. The van der Waals surface area contributed by atoms with Crippen LogP contribution in [0.3, 0.4) is 0 Å². The molecular weight excluding hydrogens is 330 g/mol. The predicted octanol–water partition coefficient (Wildman–Crippen LogP) is 4.66. The molecule has 0 spiro atoms. The summed E-state index contributed by atoms with van der Waals surface area (Å²) >= 11 is 1.82. The minimum absolute atomic E-state index is 0.455. The van der Waals surface area contributed by atoms with Crippen LogP contribution in [0.2, 0.25) is 0 Å². The molecular formula is C20H21N3OS. The van der Waals surface area contributed by atoms with Crippen LogP contribution in [0.1, 0.15) is 29.2 Å². The number of aryl methyl sites for hydroxylation is 1. The van der Waals surface area contributed by atoms with Gasteiger partial charge in [0.15, 0.2) is 11.0 Å². The number of methoxy groups -OCH3 is 1. The maximum atomic E-state index is 5.23. The summed E-state index contributed by atoms with van der Waals surface area (Å²) in [6, 6.07) is 16.7. The Morgan fingerprint density at radius 2 is 1.88 bits per heavy atom. The molecule has 1 heterocycles. The third kappa shape index (κ3) is 3.16. The van der Waals surface area contributed by atoms with Gasteiger partial charge in [0, 0.05) is 17.9 Å². The van der Waals surface area contributed by atoms with Crippen LogP contribution in [-0.4, -0.2) is 21.9 Å². The fourth-order valence-corrected chi connectivity index (χ4v) is 4.60. The lowest BCUT2D eigenvalue weighted by Crippen LogP contribution is -2.07. The smallest absolute Gasteiger partial charge is 0.191 e. The van der Waals surface area contributed by atoms with Crippen molar-refractivity contribution in [3.63, 3.8) is 0 Å². The Bertz CT molecular complexity index is 873. The van der Waals surface area contributed by atoms with Gasteiger partial charge in [-0.25, -0.2) is 0 Å². The Hall–Kier alpha value is -2.27. The van der Waals surface area contributed by atoms with Gasteiger partial charge >= 0.3 is 0 Å². The average Bonchev–Trinajstić information content (AvgIpc) is 3.03. The topological polar surface area (TPSA) is 39.9 Å². The standard InChI is InChI=1S/C20H21N3OS/c1-23-19(15-10-12-16(24-2)13-11-15)21-22-20(23)25-18-9-5-7-14-6-3-4-8-17(14)18/h3-4,6,8,10-13,18H,5,7,9H2,1-2H3/t18-/m0/s1. The van der Waals surface area contributed by atoms with E-state index in [1.807, 2.05) is 43.1 Å². The van der Waals surface area contributed by atoms with Crippen molar-refractivity contribution in [3.05, 3.63) is 59.7 Å². The zero-order valence-electron chi connectivity index (χ0n) is 14.5. The molecule has 2 aromatic carbocycles. The molecule has 128 valence electrons. The molecule has 0 aliphatic heterocycles. The monoisotopic (exact) mass is 351 g/mol. The van der Waals surface area contributed by atoms with Gasteiger partial charge in [-0.2, -0.15) is 0 Å². The van der Waals surface area contributed by atoms with E-state index in [4.69, 9.17) is 4.74 Å². The number of rotatable bonds is 4. The van der Waals surface area contributed by atoms with Crippen LogP contribution in [0.5, 0.6) is 5.75 Å². The molecule has 0 amide bonds. The molecule has 0 saturated carbocycles. The number of benzene rings is 2. The normalized spacial score (nSPS) is 16.5. The molecule has 4 rings (SSSR count). The Balaban J connectivity index is 1.60. The van der Waals surface area contributed by atoms with Gasteiger partial charge in [-0.3, -0.25) is 0 Å². The lowest BCUT2D eigenvalue weighted by atomic mass is 9.91. The SMILES string of the molecule is COc1ccc(-c2nnc(S[C@H]3CCCc4ccccc43)n2C)cc1. The van der Waals surface area contributed by atoms with Crippen molar-refractivity contribution in [2.75, 3.05) is 7.11 Å². The van der Waals surface area contributed by atoms with Gasteiger partial charge in [0.1, 0.15) is 5.75 Å². The number of hydrogen-bond acceptors (Lipinski definition) is 4. The first-order valence-electron chi connectivity index (χ1n) is 8.54. The lowest BCUT2D eigenvalue weighted by molar-refractivity contribution is 0.415. The Kier molecular flexibility index (Phi) is 4.49. The van der Waals surface area contributed by atoms with Crippen LogP contribution in [-0.2, 0) is 13.5 Å². The van der Waals surface area contributed by atoms with E-state index >= 15 is 0 Å². The van der Waals surface area contributed by atoms with Crippen LogP contribution >= 0.6 is 11.8 Å². The number of nitrogens with zero attached hydrogens (tertiary/aromatic N) is 3. The van der Waals surface area contributed by atoms with E-state index in [-0.39, 0.29) is 0 Å². The first kappa shape index (κ1) is 16.2. The van der Waals surface area contributed by atoms with Crippen LogP contribution in [0, 0.1) is 0 Å². The Morgan fingerprint density at radius 1 is 1.08 bits per heavy atom. The second kappa shape index (κ2) is 6.92. The molecule has 1 aliphatic rings. The van der Waals surface area contributed by atoms with Crippen molar-refractivity contribution in [1.82, 2.24) is 14.8 Å². The number of fused-ring (bicyclic) bond motifs is 1. The van der Waals surface area contributed by atoms with E-state index in [9.17, 15) is 0 Å². The van der Waals surface area contributed by atoms with E-state index in [0.717, 1.165) is 22.3 Å². The van der Waals surface area contributed by atoms with Crippen LogP contribution in [0.25, 0.3) is 11.4 Å². The summed E-state index contributed by atoms with van der Waals surface area (Å²) in [5, 5.41) is 10.3. The zero-order chi connectivity index (χ0) is 17.2. The highest BCUT2D eigenvalue weighted by Gasteiger charge is 2.23. The highest BCUT2D eigenvalue weighted by molar-refractivity contribution is 7.99. The molecule has 0 fully saturated rings. The Labute approximate surface area is 152 Å². The molecule has 3 aromatic rings. The fraction of sp³-hybridized carbons (Fsp3) is 0.300. The molecule has 1 atom stereocenters. The highest BCUT2D eigenvalue weighted by Crippen LogP contribution is 2.43. The summed E-state index contributed by atoms with van der Waals surface area (Å²) < 4.78 is 7.31. The molecule has 0 N–H and O–H groups in total. The van der Waals surface area contributed by atoms with Crippen molar-refractivity contribution in [3.8, 4) is 17.1 Å². The molecule has 0 saturated heterocycles. The number of thioether (sulfide) groups is 1. The highest BCUT2D eigenvalue weighted by atomic mass is 32.2. The maximum Gasteiger partial charge on any atom is 0.191 e. The van der Waals surface area contributed by atoms with Crippen molar-refractivity contribution in [2.45, 2.75) is 29.7 Å². The summed E-state index contributed by atoms with van der Waals surface area (Å²) in [7, 11) is 3.71. The van der Waals surface area contributed by atoms with E-state index in [0.29, 0.717) is 5.25 Å². The van der Waals surface area contributed by atoms with Gasteiger partial charge in [0.05, 0.1) is 7.11 Å². The van der Waals surface area contributed by atoms with E-state index in [1.165, 1.54) is 30.4 Å². The second-order valence-corrected chi connectivity index (χ2v) is 7.46. The third-order valence-corrected chi connectivity index (χ3v) is 6.09. The first-order valence-corrected chi connectivity index (χ1v) is 9.42. The fourth-order valence-electron chi connectivity index (χ4n) is 3.37. The van der Waals surface area contributed by atoms with Crippen molar-refractivity contribution >= 4 is 11.8 Å². The van der Waals surface area contributed by atoms with Crippen molar-refractivity contribution in [2.24, 2.45) is 7.05 Å². The number of aromatic nitrogens is 3. The predicted molar refractivity (Wildman–Crippen MR) is 101 cm³/mol. The molecule has 0 unspecified atom stereocenters. The third-order valence-electron chi connectivity index (χ3n) is 4.75. The van der Waals surface area contributed by atoms with Crippen LogP contribution in [0.15, 0.2) is 53.7 Å². The van der Waals surface area contributed by atoms with E-state index in [2.05, 4.69) is 39.0 Å². The van der Waals surface area contributed by atoms with Gasteiger partial charge in [-0.1, -0.05) is 36.0 Å². The minimum atomic E-state index is 0.455. The van der Waals surface area contributed by atoms with Gasteiger partial charge in [0.25, 0.3) is 0 Å². The average molecular weight is 351 g/mol. The minimum Gasteiger partial charge on any atom is -0.497 e. The van der Waals surface area contributed by atoms with Crippen molar-refractivity contribution < 1.29 is 4.74 Å². The number of hydrogen-bond donors (Lipinski definition) is 0. The van der Waals surface area contributed by atoms with Gasteiger partial charge in [-0.15, -0.1) is 10.2 Å². The van der Waals surface area contributed by atoms with Gasteiger partial charge in [0.2, 0.25) is 0 Å². The molecule has 1 aliphatic carbocycles. The van der Waals surface area contributed by atoms with Gasteiger partial charge in [-0.05, 0) is 54.7 Å². The van der Waals surface area contributed by atoms with Crippen LogP contribution < -0.4 is 4.74 Å². The summed E-state index contributed by atoms with van der Waals surface area (Å²) in [6.45, 7) is 0. The number of ether oxygens (including phenoxy) is 1. The summed E-state index contributed by atoms with van der Waals surface area (Å²) in [6.07, 6.45) is 3.60. The van der Waals surface area contributed by atoms with Crippen molar-refractivity contribution in [1.29, 1.82) is 0 Å². The molecule has 0 bridgehead atoms. The molecule has 1 aromatic heterocycles. The lowest BCUT2D eigenvalue weighted by Gasteiger charge is -2.24. The second-order valence-electron chi connectivity index (χ2n) is 6.29. The molecule has 0 radical (unpaired) electrons. The quantitative estimate of drug-likeness (QED) is 0.685. The summed E-state index contributed by atoms with van der Waals surface area (Å²) in [5.74, 6) is 1.73. The Morgan fingerprint density at radius 3 is 2.68 bits per heavy atom. The summed E-state index contributed by atoms with van der Waals surface area (Å²) in [4.78, 5) is 0. The van der Waals surface area contributed by atoms with E-state index in [1.54, 1.807) is 7.11 Å². The zero-order valence-corrected chi connectivity index (χ0v) is 15.3. The van der Waals surface area contributed by atoms with Gasteiger partial charge < -0.3 is 9.30 Å². The van der Waals surface area contributed by atoms with E-state index < -0.39 is 0 Å². The summed E-state index contributed by atoms with van der Waals surface area (Å²) in [5.41, 5.74) is 3.98. The maximum absolute atomic E-state index is 5.23. The van der Waals surface area contributed by atoms with Crippen LogP contribution in [0.4, 0.5) is 0 Å². The largest absolute Gasteiger partial charge is 0.497 e. The molecule has 25 heavy (non-hydrogen) atoms. The molecule has 5 heteroatoms. The first-order chi connectivity index (χ1) is 12.3.